The molecule has 5 heteroatoms. The van der Waals surface area contributed by atoms with E-state index in [0.29, 0.717) is 5.25 Å². The fourth-order valence-corrected chi connectivity index (χ4v) is 4.69. The second kappa shape index (κ2) is 6.68. The van der Waals surface area contributed by atoms with Crippen molar-refractivity contribution < 1.29 is 4.74 Å². The zero-order chi connectivity index (χ0) is 13.0. The van der Waals surface area contributed by atoms with Crippen molar-refractivity contribution in [2.45, 2.75) is 31.2 Å². The molecule has 2 heterocycles. The molecule has 1 aliphatic rings. The summed E-state index contributed by atoms with van der Waals surface area (Å²) >= 11 is 3.96. The van der Waals surface area contributed by atoms with Crippen LogP contribution in [-0.4, -0.2) is 33.6 Å². The standard InChI is InChI=1S/C13H20N2OS2/c1-9(2)16-11-5-10(6-15-7-11)13(14)12-8-17-3-4-18-12/h5-7,9,12-13H,3-4,8,14H2,1-2H3. The van der Waals surface area contributed by atoms with Crippen molar-refractivity contribution in [3.05, 3.63) is 24.0 Å². The van der Waals surface area contributed by atoms with Gasteiger partial charge in [-0.2, -0.15) is 23.5 Å². The van der Waals surface area contributed by atoms with E-state index in [-0.39, 0.29) is 12.1 Å². The SMILES string of the molecule is CC(C)Oc1cncc(C(N)C2CSCCS2)c1. The molecule has 0 amide bonds. The second-order valence-corrected chi connectivity index (χ2v) is 7.13. The summed E-state index contributed by atoms with van der Waals surface area (Å²) in [6.07, 6.45) is 3.77. The van der Waals surface area contributed by atoms with Gasteiger partial charge in [-0.25, -0.2) is 0 Å². The van der Waals surface area contributed by atoms with Crippen molar-refractivity contribution in [2.75, 3.05) is 17.3 Å². The molecule has 0 bridgehead atoms. The molecule has 0 saturated carbocycles. The Morgan fingerprint density at radius 3 is 2.89 bits per heavy atom. The van der Waals surface area contributed by atoms with Gasteiger partial charge in [0.15, 0.2) is 0 Å². The molecule has 18 heavy (non-hydrogen) atoms. The van der Waals surface area contributed by atoms with Crippen LogP contribution in [-0.2, 0) is 0 Å². The van der Waals surface area contributed by atoms with Crippen LogP contribution in [0.15, 0.2) is 18.5 Å². The first-order valence-corrected chi connectivity index (χ1v) is 8.43. The largest absolute Gasteiger partial charge is 0.489 e. The number of nitrogens with zero attached hydrogens (tertiary/aromatic N) is 1. The molecule has 1 saturated heterocycles. The molecule has 0 radical (unpaired) electrons. The van der Waals surface area contributed by atoms with Crippen LogP contribution in [0, 0.1) is 0 Å². The second-order valence-electron chi connectivity index (χ2n) is 4.63. The molecule has 100 valence electrons. The number of aromatic nitrogens is 1. The normalized spacial score (nSPS) is 21.9. The Kier molecular flexibility index (Phi) is 5.21. The summed E-state index contributed by atoms with van der Waals surface area (Å²) in [4.78, 5) is 4.23. The lowest BCUT2D eigenvalue weighted by Gasteiger charge is -2.27. The molecule has 1 fully saturated rings. The van der Waals surface area contributed by atoms with E-state index in [4.69, 9.17) is 10.5 Å². The van der Waals surface area contributed by atoms with Crippen LogP contribution in [0.4, 0.5) is 0 Å². The fourth-order valence-electron chi connectivity index (χ4n) is 1.88. The number of hydrogen-bond acceptors (Lipinski definition) is 5. The predicted molar refractivity (Wildman–Crippen MR) is 80.5 cm³/mol. The lowest BCUT2D eigenvalue weighted by Crippen LogP contribution is -2.28. The molecule has 2 rings (SSSR count). The lowest BCUT2D eigenvalue weighted by atomic mass is 10.1. The van der Waals surface area contributed by atoms with Gasteiger partial charge < -0.3 is 10.5 Å². The molecule has 2 atom stereocenters. The van der Waals surface area contributed by atoms with E-state index >= 15 is 0 Å². The van der Waals surface area contributed by atoms with Gasteiger partial charge in [-0.15, -0.1) is 0 Å². The van der Waals surface area contributed by atoms with Crippen LogP contribution in [0.3, 0.4) is 0 Å². The van der Waals surface area contributed by atoms with Crippen LogP contribution in [0.2, 0.25) is 0 Å². The molecule has 0 aromatic carbocycles. The van der Waals surface area contributed by atoms with Gasteiger partial charge in [-0.05, 0) is 25.5 Å². The minimum atomic E-state index is 0.0472. The molecule has 2 N–H and O–H groups in total. The number of thioether (sulfide) groups is 2. The molecule has 1 aromatic heterocycles. The smallest absolute Gasteiger partial charge is 0.138 e. The van der Waals surface area contributed by atoms with Crippen molar-refractivity contribution in [1.29, 1.82) is 0 Å². The third-order valence-corrected chi connectivity index (χ3v) is 5.62. The van der Waals surface area contributed by atoms with Gasteiger partial charge in [-0.3, -0.25) is 4.98 Å². The monoisotopic (exact) mass is 284 g/mol. The van der Waals surface area contributed by atoms with E-state index in [1.165, 1.54) is 11.5 Å². The van der Waals surface area contributed by atoms with Crippen LogP contribution >= 0.6 is 23.5 Å². The highest BCUT2D eigenvalue weighted by molar-refractivity contribution is 8.06. The topological polar surface area (TPSA) is 48.1 Å². The summed E-state index contributed by atoms with van der Waals surface area (Å²) in [7, 11) is 0. The van der Waals surface area contributed by atoms with E-state index in [1.54, 1.807) is 6.20 Å². The van der Waals surface area contributed by atoms with Crippen molar-refractivity contribution >= 4 is 23.5 Å². The predicted octanol–water partition coefficient (Wildman–Crippen LogP) is 2.72. The van der Waals surface area contributed by atoms with E-state index in [1.807, 2.05) is 49.6 Å². The van der Waals surface area contributed by atoms with Gasteiger partial charge in [0.25, 0.3) is 0 Å². The number of hydrogen-bond donors (Lipinski definition) is 1. The van der Waals surface area contributed by atoms with Gasteiger partial charge in [0.2, 0.25) is 0 Å². The molecule has 0 spiro atoms. The maximum Gasteiger partial charge on any atom is 0.138 e. The Balaban J connectivity index is 2.06. The Morgan fingerprint density at radius 2 is 2.22 bits per heavy atom. The van der Waals surface area contributed by atoms with Crippen molar-refractivity contribution in [1.82, 2.24) is 4.98 Å². The Labute approximate surface area is 117 Å². The van der Waals surface area contributed by atoms with Crippen molar-refractivity contribution in [2.24, 2.45) is 5.73 Å². The first kappa shape index (κ1) is 14.0. The zero-order valence-electron chi connectivity index (χ0n) is 10.8. The Bertz CT molecular complexity index is 381. The summed E-state index contributed by atoms with van der Waals surface area (Å²) in [5, 5.41) is 0.486. The van der Waals surface area contributed by atoms with E-state index in [9.17, 15) is 0 Å². The molecular formula is C13H20N2OS2. The van der Waals surface area contributed by atoms with Gasteiger partial charge in [0.1, 0.15) is 5.75 Å². The lowest BCUT2D eigenvalue weighted by molar-refractivity contribution is 0.241. The number of pyridine rings is 1. The molecule has 0 aliphatic carbocycles. The first-order chi connectivity index (χ1) is 8.66. The molecular weight excluding hydrogens is 264 g/mol. The van der Waals surface area contributed by atoms with E-state index < -0.39 is 0 Å². The van der Waals surface area contributed by atoms with Gasteiger partial charge >= 0.3 is 0 Å². The molecule has 1 aromatic rings. The number of nitrogens with two attached hydrogens (primary N) is 1. The fraction of sp³-hybridized carbons (Fsp3) is 0.615. The summed E-state index contributed by atoms with van der Waals surface area (Å²) in [6.45, 7) is 4.03. The van der Waals surface area contributed by atoms with Gasteiger partial charge in [0, 0.05) is 34.7 Å². The van der Waals surface area contributed by atoms with E-state index in [2.05, 4.69) is 4.98 Å². The maximum atomic E-state index is 6.34. The molecule has 2 unspecified atom stereocenters. The van der Waals surface area contributed by atoms with Crippen LogP contribution in [0.25, 0.3) is 0 Å². The average molecular weight is 284 g/mol. The molecule has 1 aliphatic heterocycles. The van der Waals surface area contributed by atoms with Gasteiger partial charge in [0.05, 0.1) is 12.3 Å². The minimum Gasteiger partial charge on any atom is -0.489 e. The Morgan fingerprint density at radius 1 is 1.39 bits per heavy atom. The maximum absolute atomic E-state index is 6.34. The highest BCUT2D eigenvalue weighted by atomic mass is 32.2. The molecule has 3 nitrogen and oxygen atoms in total. The highest BCUT2D eigenvalue weighted by Gasteiger charge is 2.23. The minimum absolute atomic E-state index is 0.0472. The van der Waals surface area contributed by atoms with Crippen molar-refractivity contribution in [3.8, 4) is 5.75 Å². The number of ether oxygens (including phenoxy) is 1. The third-order valence-electron chi connectivity index (χ3n) is 2.73. The third kappa shape index (κ3) is 3.80. The van der Waals surface area contributed by atoms with Crippen LogP contribution in [0.1, 0.15) is 25.5 Å². The van der Waals surface area contributed by atoms with Crippen molar-refractivity contribution in [3.63, 3.8) is 0 Å². The number of rotatable bonds is 4. The van der Waals surface area contributed by atoms with Crippen LogP contribution in [0.5, 0.6) is 5.75 Å². The average Bonchev–Trinajstić information content (AvgIpc) is 2.38. The quantitative estimate of drug-likeness (QED) is 0.921. The zero-order valence-corrected chi connectivity index (χ0v) is 12.5. The summed E-state index contributed by atoms with van der Waals surface area (Å²) in [5.41, 5.74) is 7.42. The van der Waals surface area contributed by atoms with Gasteiger partial charge in [-0.1, -0.05) is 0 Å². The summed E-state index contributed by atoms with van der Waals surface area (Å²) < 4.78 is 5.66. The summed E-state index contributed by atoms with van der Waals surface area (Å²) in [6, 6.07) is 2.07. The Hall–Kier alpha value is -0.390. The highest BCUT2D eigenvalue weighted by Crippen LogP contribution is 2.32. The van der Waals surface area contributed by atoms with E-state index in [0.717, 1.165) is 17.1 Å². The van der Waals surface area contributed by atoms with Crippen LogP contribution < -0.4 is 10.5 Å². The summed E-state index contributed by atoms with van der Waals surface area (Å²) in [5.74, 6) is 4.37. The first-order valence-electron chi connectivity index (χ1n) is 6.23.